The average Bonchev–Trinajstić information content (AvgIpc) is 2.59. The monoisotopic (exact) mass is 304 g/mol. The molecule has 0 atom stereocenters. The number of hydrogen-bond donors (Lipinski definition) is 0. The first-order valence-corrected chi connectivity index (χ1v) is 6.96. The smallest absolute Gasteiger partial charge is 0.269 e. The molecule has 3 aromatic rings. The Morgan fingerprint density at radius 1 is 1.04 bits per heavy atom. The van der Waals surface area contributed by atoms with Gasteiger partial charge in [0.25, 0.3) is 5.69 Å². The Morgan fingerprint density at radius 2 is 1.83 bits per heavy atom. The van der Waals surface area contributed by atoms with Gasteiger partial charge in [0.2, 0.25) is 0 Å². The van der Waals surface area contributed by atoms with Crippen LogP contribution in [0.5, 0.6) is 0 Å². The van der Waals surface area contributed by atoms with Crippen LogP contribution >= 0.6 is 0 Å². The number of benzene rings is 2. The number of carbonyl (C=O) groups excluding carboxylic acids is 1. The lowest BCUT2D eigenvalue weighted by Gasteiger charge is -2.01. The van der Waals surface area contributed by atoms with Gasteiger partial charge in [0.15, 0.2) is 5.78 Å². The van der Waals surface area contributed by atoms with Crippen molar-refractivity contribution in [2.45, 2.75) is 0 Å². The average molecular weight is 304 g/mol. The van der Waals surface area contributed by atoms with Gasteiger partial charge < -0.3 is 0 Å². The van der Waals surface area contributed by atoms with E-state index in [1.807, 2.05) is 30.3 Å². The topological polar surface area (TPSA) is 73.1 Å². The van der Waals surface area contributed by atoms with Crippen molar-refractivity contribution in [2.75, 3.05) is 0 Å². The van der Waals surface area contributed by atoms with Crippen LogP contribution in [0.4, 0.5) is 5.69 Å². The molecule has 23 heavy (non-hydrogen) atoms. The summed E-state index contributed by atoms with van der Waals surface area (Å²) in [5, 5.41) is 11.6. The highest BCUT2D eigenvalue weighted by Gasteiger charge is 2.07. The van der Waals surface area contributed by atoms with E-state index in [4.69, 9.17) is 0 Å². The molecular formula is C18H12N2O3. The lowest BCUT2D eigenvalue weighted by Crippen LogP contribution is -1.95. The number of carbonyl (C=O) groups is 1. The summed E-state index contributed by atoms with van der Waals surface area (Å²) in [5.74, 6) is -0.208. The predicted molar refractivity (Wildman–Crippen MR) is 88.2 cm³/mol. The van der Waals surface area contributed by atoms with Gasteiger partial charge in [-0.05, 0) is 35.9 Å². The van der Waals surface area contributed by atoms with Crippen molar-refractivity contribution in [3.63, 3.8) is 0 Å². The number of non-ortho nitro benzene ring substituents is 1. The van der Waals surface area contributed by atoms with Gasteiger partial charge in [-0.1, -0.05) is 24.3 Å². The maximum Gasteiger partial charge on any atom is 0.269 e. The second-order valence-corrected chi connectivity index (χ2v) is 4.92. The molecule has 112 valence electrons. The normalized spacial score (nSPS) is 11.0. The van der Waals surface area contributed by atoms with Crippen molar-refractivity contribution >= 4 is 28.4 Å². The van der Waals surface area contributed by atoms with Crippen LogP contribution in [0, 0.1) is 10.1 Å². The lowest BCUT2D eigenvalue weighted by atomic mass is 10.1. The quantitative estimate of drug-likeness (QED) is 0.315. The van der Waals surface area contributed by atoms with E-state index in [1.54, 1.807) is 12.3 Å². The zero-order valence-electron chi connectivity index (χ0n) is 12.0. The molecule has 0 bridgehead atoms. The fourth-order valence-corrected chi connectivity index (χ4v) is 2.28. The number of nitrogens with zero attached hydrogens (tertiary/aromatic N) is 2. The van der Waals surface area contributed by atoms with E-state index in [0.717, 1.165) is 16.5 Å². The van der Waals surface area contributed by atoms with Crippen LogP contribution in [-0.2, 0) is 0 Å². The molecule has 0 radical (unpaired) electrons. The van der Waals surface area contributed by atoms with Crippen LogP contribution in [0.3, 0.4) is 0 Å². The SMILES string of the molecule is O=C(/C=C/c1cccc2ncccc12)c1ccc([N+](=O)[O-])cc1. The van der Waals surface area contributed by atoms with Gasteiger partial charge in [-0.25, -0.2) is 0 Å². The first kappa shape index (κ1) is 14.6. The molecule has 0 fully saturated rings. The summed E-state index contributed by atoms with van der Waals surface area (Å²) < 4.78 is 0. The first-order chi connectivity index (χ1) is 11.1. The largest absolute Gasteiger partial charge is 0.289 e. The Morgan fingerprint density at radius 3 is 2.57 bits per heavy atom. The summed E-state index contributed by atoms with van der Waals surface area (Å²) in [6, 6.07) is 15.0. The molecule has 0 N–H and O–H groups in total. The second kappa shape index (κ2) is 6.19. The third-order valence-corrected chi connectivity index (χ3v) is 3.46. The van der Waals surface area contributed by atoms with Gasteiger partial charge in [-0.3, -0.25) is 19.9 Å². The van der Waals surface area contributed by atoms with Crippen molar-refractivity contribution in [3.8, 4) is 0 Å². The first-order valence-electron chi connectivity index (χ1n) is 6.96. The van der Waals surface area contributed by atoms with Gasteiger partial charge in [-0.2, -0.15) is 0 Å². The number of aromatic nitrogens is 1. The van der Waals surface area contributed by atoms with Crippen LogP contribution in [0.25, 0.3) is 17.0 Å². The zero-order valence-corrected chi connectivity index (χ0v) is 12.0. The van der Waals surface area contributed by atoms with Gasteiger partial charge in [-0.15, -0.1) is 0 Å². The molecule has 0 spiro atoms. The van der Waals surface area contributed by atoms with Gasteiger partial charge >= 0.3 is 0 Å². The third-order valence-electron chi connectivity index (χ3n) is 3.46. The van der Waals surface area contributed by atoms with E-state index in [9.17, 15) is 14.9 Å². The summed E-state index contributed by atoms with van der Waals surface area (Å²) >= 11 is 0. The van der Waals surface area contributed by atoms with E-state index in [1.165, 1.54) is 30.3 Å². The molecule has 1 heterocycles. The van der Waals surface area contributed by atoms with Gasteiger partial charge in [0.1, 0.15) is 0 Å². The molecule has 1 aromatic heterocycles. The standard InChI is InChI=1S/C18H12N2O3/c21-18(14-6-9-15(10-7-14)20(22)23)11-8-13-3-1-5-17-16(13)4-2-12-19-17/h1-12H/b11-8+. The molecule has 0 unspecified atom stereocenters. The summed E-state index contributed by atoms with van der Waals surface area (Å²) in [5.41, 5.74) is 2.12. The number of fused-ring (bicyclic) bond motifs is 1. The summed E-state index contributed by atoms with van der Waals surface area (Å²) in [6.45, 7) is 0. The number of hydrogen-bond acceptors (Lipinski definition) is 4. The fourth-order valence-electron chi connectivity index (χ4n) is 2.28. The van der Waals surface area contributed by atoms with Crippen molar-refractivity contribution in [1.29, 1.82) is 0 Å². The van der Waals surface area contributed by atoms with Crippen LogP contribution in [0.1, 0.15) is 15.9 Å². The Hall–Kier alpha value is -3.34. The van der Waals surface area contributed by atoms with Crippen LogP contribution in [-0.4, -0.2) is 15.7 Å². The number of nitro groups is 1. The number of nitro benzene ring substituents is 1. The molecule has 5 heteroatoms. The van der Waals surface area contributed by atoms with Gasteiger partial charge in [0.05, 0.1) is 10.4 Å². The summed E-state index contributed by atoms with van der Waals surface area (Å²) in [6.07, 6.45) is 4.91. The minimum absolute atomic E-state index is 0.0364. The van der Waals surface area contributed by atoms with Crippen LogP contribution in [0.15, 0.2) is 66.9 Å². The van der Waals surface area contributed by atoms with E-state index in [-0.39, 0.29) is 11.5 Å². The number of pyridine rings is 1. The molecule has 0 aliphatic rings. The Labute approximate surface area is 132 Å². The van der Waals surface area contributed by atoms with E-state index in [2.05, 4.69) is 4.98 Å². The number of rotatable bonds is 4. The minimum Gasteiger partial charge on any atom is -0.289 e. The minimum atomic E-state index is -0.493. The van der Waals surface area contributed by atoms with Crippen molar-refractivity contribution in [2.24, 2.45) is 0 Å². The van der Waals surface area contributed by atoms with Gasteiger partial charge in [0, 0.05) is 29.3 Å². The maximum absolute atomic E-state index is 12.2. The predicted octanol–water partition coefficient (Wildman–Crippen LogP) is 4.04. The van der Waals surface area contributed by atoms with Crippen LogP contribution < -0.4 is 0 Å². The van der Waals surface area contributed by atoms with E-state index >= 15 is 0 Å². The summed E-state index contributed by atoms with van der Waals surface area (Å²) in [7, 11) is 0. The molecule has 0 saturated carbocycles. The zero-order chi connectivity index (χ0) is 16.2. The maximum atomic E-state index is 12.2. The van der Waals surface area contributed by atoms with E-state index in [0.29, 0.717) is 5.56 Å². The Bertz CT molecular complexity index is 910. The van der Waals surface area contributed by atoms with Crippen LogP contribution in [0.2, 0.25) is 0 Å². The molecule has 2 aromatic carbocycles. The number of ketones is 1. The molecule has 0 amide bonds. The van der Waals surface area contributed by atoms with E-state index < -0.39 is 4.92 Å². The second-order valence-electron chi connectivity index (χ2n) is 4.92. The molecule has 3 rings (SSSR count). The fraction of sp³-hybridized carbons (Fsp3) is 0. The molecule has 0 saturated heterocycles. The van der Waals surface area contributed by atoms with Crippen molar-refractivity contribution in [3.05, 3.63) is 88.1 Å². The number of allylic oxidation sites excluding steroid dienone is 1. The highest BCUT2D eigenvalue weighted by atomic mass is 16.6. The molecule has 0 aliphatic heterocycles. The Kier molecular flexibility index (Phi) is 3.93. The highest BCUT2D eigenvalue weighted by Crippen LogP contribution is 2.18. The molecular weight excluding hydrogens is 292 g/mol. The summed E-state index contributed by atoms with van der Waals surface area (Å²) in [4.78, 5) is 26.6. The van der Waals surface area contributed by atoms with Crippen molar-refractivity contribution < 1.29 is 9.72 Å². The molecule has 0 aliphatic carbocycles. The lowest BCUT2D eigenvalue weighted by molar-refractivity contribution is -0.384. The van der Waals surface area contributed by atoms with Crippen molar-refractivity contribution in [1.82, 2.24) is 4.98 Å². The molecule has 5 nitrogen and oxygen atoms in total. The Balaban J connectivity index is 1.86. The third kappa shape index (κ3) is 3.13. The highest BCUT2D eigenvalue weighted by molar-refractivity contribution is 6.07.